The Balaban J connectivity index is 1.86. The van der Waals surface area contributed by atoms with Gasteiger partial charge in [-0.05, 0) is 32.5 Å². The summed E-state index contributed by atoms with van der Waals surface area (Å²) in [6, 6.07) is 10.2. The molecule has 1 aromatic rings. The van der Waals surface area contributed by atoms with Crippen LogP contribution >= 0.6 is 0 Å². The third-order valence-electron chi connectivity index (χ3n) is 4.76. The van der Waals surface area contributed by atoms with Crippen LogP contribution < -0.4 is 5.19 Å². The zero-order chi connectivity index (χ0) is 16.5. The van der Waals surface area contributed by atoms with Crippen molar-refractivity contribution < 1.29 is 4.74 Å². The molecule has 1 aromatic carbocycles. The molecular weight excluding hydrogens is 300 g/mol. The van der Waals surface area contributed by atoms with Gasteiger partial charge in [0.05, 0.1) is 0 Å². The molecule has 1 atom stereocenters. The molecule has 3 nitrogen and oxygen atoms in total. The summed E-state index contributed by atoms with van der Waals surface area (Å²) in [5.74, 6) is 0. The Morgan fingerprint density at radius 2 is 2.04 bits per heavy atom. The highest BCUT2D eigenvalue weighted by molar-refractivity contribution is 6.73. The Morgan fingerprint density at radius 3 is 2.74 bits per heavy atom. The summed E-state index contributed by atoms with van der Waals surface area (Å²) in [6.45, 7) is 12.9. The van der Waals surface area contributed by atoms with Crippen LogP contribution in [0, 0.1) is 0 Å². The van der Waals surface area contributed by atoms with Crippen LogP contribution in [0.1, 0.15) is 18.9 Å². The third-order valence-corrected chi connectivity index (χ3v) is 7.81. The van der Waals surface area contributed by atoms with Crippen molar-refractivity contribution in [2.75, 3.05) is 52.6 Å². The molecule has 0 aromatic heterocycles. The van der Waals surface area contributed by atoms with E-state index >= 15 is 0 Å². The quantitative estimate of drug-likeness (QED) is 0.643. The van der Waals surface area contributed by atoms with Gasteiger partial charge >= 0.3 is 0 Å². The van der Waals surface area contributed by atoms with E-state index in [-0.39, 0.29) is 0 Å². The summed E-state index contributed by atoms with van der Waals surface area (Å²) in [6.07, 6.45) is 4.20. The number of benzene rings is 1. The van der Waals surface area contributed by atoms with Crippen molar-refractivity contribution in [3.05, 3.63) is 36.4 Å². The molecule has 0 amide bonds. The summed E-state index contributed by atoms with van der Waals surface area (Å²) in [4.78, 5) is 5.04. The molecule has 0 aliphatic carbocycles. The van der Waals surface area contributed by atoms with Gasteiger partial charge < -0.3 is 14.5 Å². The molecule has 128 valence electrons. The number of piperazine rings is 1. The molecular formula is C19H32N2OSi. The van der Waals surface area contributed by atoms with Gasteiger partial charge in [-0.3, -0.25) is 0 Å². The lowest BCUT2D eigenvalue weighted by Gasteiger charge is -2.32. The van der Waals surface area contributed by atoms with Crippen LogP contribution in [0.25, 0.3) is 6.08 Å². The SMILES string of the molecule is C=Cc1cccc([SiH](CCCN2CCN(C)CC2)COCC)c1. The first kappa shape index (κ1) is 18.4. The molecule has 1 aliphatic heterocycles. The van der Waals surface area contributed by atoms with Gasteiger partial charge in [0.1, 0.15) is 8.80 Å². The number of ether oxygens (including phenoxy) is 1. The van der Waals surface area contributed by atoms with Crippen molar-refractivity contribution >= 4 is 20.1 Å². The van der Waals surface area contributed by atoms with Crippen LogP contribution in [-0.2, 0) is 4.74 Å². The zero-order valence-electron chi connectivity index (χ0n) is 14.8. The fraction of sp³-hybridized carbons (Fsp3) is 0.579. The van der Waals surface area contributed by atoms with Crippen LogP contribution in [0.5, 0.6) is 0 Å². The Hall–Kier alpha value is -0.943. The summed E-state index contributed by atoms with van der Waals surface area (Å²) in [7, 11) is 1.17. The van der Waals surface area contributed by atoms with E-state index < -0.39 is 8.80 Å². The molecule has 4 heteroatoms. The summed E-state index contributed by atoms with van der Waals surface area (Å²) >= 11 is 0. The Morgan fingerprint density at radius 1 is 1.26 bits per heavy atom. The highest BCUT2D eigenvalue weighted by Crippen LogP contribution is 2.07. The molecule has 1 aliphatic rings. The highest BCUT2D eigenvalue weighted by Gasteiger charge is 2.17. The monoisotopic (exact) mass is 332 g/mol. The lowest BCUT2D eigenvalue weighted by Crippen LogP contribution is -2.45. The van der Waals surface area contributed by atoms with Crippen molar-refractivity contribution in [1.29, 1.82) is 0 Å². The van der Waals surface area contributed by atoms with Gasteiger partial charge in [0, 0.05) is 39.0 Å². The second kappa shape index (κ2) is 10.0. The zero-order valence-corrected chi connectivity index (χ0v) is 16.0. The van der Waals surface area contributed by atoms with Gasteiger partial charge in [0.15, 0.2) is 0 Å². The van der Waals surface area contributed by atoms with Gasteiger partial charge in [-0.2, -0.15) is 0 Å². The van der Waals surface area contributed by atoms with Crippen LogP contribution in [0.3, 0.4) is 0 Å². The van der Waals surface area contributed by atoms with Crippen molar-refractivity contribution in [2.45, 2.75) is 19.4 Å². The first-order chi connectivity index (χ1) is 11.2. The van der Waals surface area contributed by atoms with E-state index in [1.165, 1.54) is 55.9 Å². The largest absolute Gasteiger partial charge is 0.385 e. The van der Waals surface area contributed by atoms with Gasteiger partial charge in [-0.25, -0.2) is 0 Å². The molecule has 0 N–H and O–H groups in total. The van der Waals surface area contributed by atoms with E-state index in [1.807, 2.05) is 6.08 Å². The molecule has 1 saturated heterocycles. The lowest BCUT2D eigenvalue weighted by molar-refractivity contribution is 0.154. The van der Waals surface area contributed by atoms with Gasteiger partial charge in [0.2, 0.25) is 0 Å². The van der Waals surface area contributed by atoms with E-state index in [9.17, 15) is 0 Å². The second-order valence-electron chi connectivity index (χ2n) is 6.52. The third kappa shape index (κ3) is 6.22. The Kier molecular flexibility index (Phi) is 8.02. The van der Waals surface area contributed by atoms with E-state index in [1.54, 1.807) is 0 Å². The summed E-state index contributed by atoms with van der Waals surface area (Å²) in [5, 5.41) is 1.52. The molecule has 0 spiro atoms. The minimum absolute atomic E-state index is 0.823. The molecule has 1 heterocycles. The predicted molar refractivity (Wildman–Crippen MR) is 103 cm³/mol. The molecule has 0 saturated carbocycles. The van der Waals surface area contributed by atoms with Crippen molar-refractivity contribution in [1.82, 2.24) is 9.80 Å². The van der Waals surface area contributed by atoms with E-state index in [2.05, 4.69) is 54.6 Å². The lowest BCUT2D eigenvalue weighted by atomic mass is 10.2. The van der Waals surface area contributed by atoms with Crippen LogP contribution in [0.2, 0.25) is 6.04 Å². The Labute approximate surface area is 143 Å². The highest BCUT2D eigenvalue weighted by atomic mass is 28.3. The minimum Gasteiger partial charge on any atom is -0.385 e. The molecule has 1 unspecified atom stereocenters. The minimum atomic E-state index is -1.04. The van der Waals surface area contributed by atoms with Gasteiger partial charge in [-0.1, -0.05) is 48.2 Å². The van der Waals surface area contributed by atoms with E-state index in [0.29, 0.717) is 0 Å². The van der Waals surface area contributed by atoms with Crippen molar-refractivity contribution in [3.8, 4) is 0 Å². The standard InChI is InChI=1S/C19H32N2OSi/c1-4-18-8-6-9-19(16-18)23(17-22-5-2)15-7-10-21-13-11-20(3)12-14-21/h4,6,8-9,16,23H,1,5,7,10-15,17H2,2-3H3. The van der Waals surface area contributed by atoms with Gasteiger partial charge in [-0.15, -0.1) is 0 Å². The van der Waals surface area contributed by atoms with Crippen molar-refractivity contribution in [3.63, 3.8) is 0 Å². The molecule has 0 bridgehead atoms. The average molecular weight is 333 g/mol. The number of likely N-dealkylation sites (N-methyl/N-ethyl adjacent to an activating group) is 1. The van der Waals surface area contributed by atoms with Crippen LogP contribution in [0.15, 0.2) is 30.8 Å². The molecule has 23 heavy (non-hydrogen) atoms. The smallest absolute Gasteiger partial charge is 0.100 e. The second-order valence-corrected chi connectivity index (χ2v) is 9.49. The number of hydrogen-bond acceptors (Lipinski definition) is 3. The predicted octanol–water partition coefficient (Wildman–Crippen LogP) is 1.98. The first-order valence-electron chi connectivity index (χ1n) is 8.94. The van der Waals surface area contributed by atoms with Crippen LogP contribution in [-0.4, -0.2) is 71.2 Å². The normalized spacial score (nSPS) is 18.0. The fourth-order valence-electron chi connectivity index (χ4n) is 3.18. The van der Waals surface area contributed by atoms with E-state index in [0.717, 1.165) is 12.8 Å². The topological polar surface area (TPSA) is 15.7 Å². The molecule has 1 fully saturated rings. The van der Waals surface area contributed by atoms with Crippen LogP contribution in [0.4, 0.5) is 0 Å². The van der Waals surface area contributed by atoms with E-state index in [4.69, 9.17) is 4.74 Å². The maximum atomic E-state index is 5.80. The number of hydrogen-bond donors (Lipinski definition) is 0. The first-order valence-corrected chi connectivity index (χ1v) is 11.1. The average Bonchev–Trinajstić information content (AvgIpc) is 2.59. The maximum Gasteiger partial charge on any atom is 0.100 e. The Bertz CT molecular complexity index is 472. The molecule has 2 rings (SSSR count). The maximum absolute atomic E-state index is 5.80. The summed E-state index contributed by atoms with van der Waals surface area (Å²) < 4.78 is 5.80. The number of nitrogens with zero attached hydrogens (tertiary/aromatic N) is 2. The summed E-state index contributed by atoms with van der Waals surface area (Å²) in [5.41, 5.74) is 1.23. The number of rotatable bonds is 9. The fourth-order valence-corrected chi connectivity index (χ4v) is 5.88. The van der Waals surface area contributed by atoms with Crippen molar-refractivity contribution in [2.24, 2.45) is 0 Å². The van der Waals surface area contributed by atoms with Gasteiger partial charge in [0.25, 0.3) is 0 Å². The molecule has 0 radical (unpaired) electrons.